The Morgan fingerprint density at radius 2 is 1.89 bits per heavy atom. The number of hydrogen-bond acceptors (Lipinski definition) is 4. The zero-order valence-electron chi connectivity index (χ0n) is 16.0. The number of methoxy groups -OCH3 is 1. The predicted molar refractivity (Wildman–Crippen MR) is 106 cm³/mol. The molecule has 0 spiro atoms. The molecule has 0 radical (unpaired) electrons. The molecule has 0 atom stereocenters. The van der Waals surface area contributed by atoms with E-state index in [1.54, 1.807) is 19.1 Å². The zero-order valence-corrected chi connectivity index (χ0v) is 16.0. The summed E-state index contributed by atoms with van der Waals surface area (Å²) in [7, 11) is 1.32. The molecule has 0 unspecified atom stereocenters. The number of para-hydroxylation sites is 1. The van der Waals surface area contributed by atoms with Crippen molar-refractivity contribution in [2.45, 2.75) is 20.5 Å². The Bertz CT molecular complexity index is 1000. The van der Waals surface area contributed by atoms with Gasteiger partial charge in [-0.15, -0.1) is 0 Å². The van der Waals surface area contributed by atoms with Crippen molar-refractivity contribution < 1.29 is 18.7 Å². The van der Waals surface area contributed by atoms with Gasteiger partial charge in [0.2, 0.25) is 0 Å². The van der Waals surface area contributed by atoms with Crippen molar-refractivity contribution in [3.63, 3.8) is 0 Å². The zero-order chi connectivity index (χ0) is 20.1. The summed E-state index contributed by atoms with van der Waals surface area (Å²) in [6.45, 7) is 3.87. The Hall–Kier alpha value is -3.41. The minimum Gasteiger partial charge on any atom is -0.489 e. The summed E-state index contributed by atoms with van der Waals surface area (Å²) in [4.78, 5) is 15.8. The molecular formula is C22H21FN2O3. The number of carbonyl (C=O) groups is 1. The van der Waals surface area contributed by atoms with Crippen LogP contribution < -0.4 is 10.1 Å². The molecule has 3 rings (SSSR count). The third kappa shape index (κ3) is 4.46. The fourth-order valence-electron chi connectivity index (χ4n) is 2.76. The van der Waals surface area contributed by atoms with E-state index >= 15 is 0 Å². The van der Waals surface area contributed by atoms with E-state index in [0.717, 1.165) is 22.4 Å². The lowest BCUT2D eigenvalue weighted by Crippen LogP contribution is -2.13. The highest BCUT2D eigenvalue weighted by Gasteiger charge is 2.09. The van der Waals surface area contributed by atoms with E-state index in [-0.39, 0.29) is 12.4 Å². The molecule has 1 amide bonds. The largest absolute Gasteiger partial charge is 0.489 e. The second-order valence-corrected chi connectivity index (χ2v) is 6.31. The van der Waals surface area contributed by atoms with Crippen molar-refractivity contribution in [3.05, 3.63) is 77.2 Å². The highest BCUT2D eigenvalue weighted by Crippen LogP contribution is 2.27. The Balaban J connectivity index is 1.76. The number of halogens is 1. The van der Waals surface area contributed by atoms with Gasteiger partial charge in [0.1, 0.15) is 18.2 Å². The average molecular weight is 380 g/mol. The van der Waals surface area contributed by atoms with Gasteiger partial charge in [0, 0.05) is 11.1 Å². The van der Waals surface area contributed by atoms with E-state index in [4.69, 9.17) is 4.74 Å². The van der Waals surface area contributed by atoms with Gasteiger partial charge in [0.25, 0.3) is 0 Å². The number of aryl methyl sites for hydroxylation is 2. The van der Waals surface area contributed by atoms with Gasteiger partial charge in [-0.3, -0.25) is 10.3 Å². The minimum atomic E-state index is -0.532. The molecule has 0 aliphatic heterocycles. The second-order valence-electron chi connectivity index (χ2n) is 6.31. The summed E-state index contributed by atoms with van der Waals surface area (Å²) in [5, 5.41) is 2.67. The van der Waals surface area contributed by atoms with E-state index in [1.807, 2.05) is 43.3 Å². The van der Waals surface area contributed by atoms with E-state index in [9.17, 15) is 9.18 Å². The molecule has 0 aliphatic rings. The van der Waals surface area contributed by atoms with Crippen molar-refractivity contribution in [2.75, 3.05) is 12.4 Å². The number of nitrogens with zero attached hydrogens (tertiary/aromatic N) is 1. The van der Waals surface area contributed by atoms with Crippen molar-refractivity contribution >= 4 is 11.8 Å². The van der Waals surface area contributed by atoms with Gasteiger partial charge in [0.15, 0.2) is 0 Å². The molecule has 1 aromatic heterocycles. The first-order valence-electron chi connectivity index (χ1n) is 8.78. The van der Waals surface area contributed by atoms with E-state index in [2.05, 4.69) is 15.0 Å². The van der Waals surface area contributed by atoms with Gasteiger partial charge in [0.05, 0.1) is 24.2 Å². The lowest BCUT2D eigenvalue weighted by atomic mass is 10.1. The van der Waals surface area contributed by atoms with Gasteiger partial charge >= 0.3 is 6.09 Å². The van der Waals surface area contributed by atoms with Crippen molar-refractivity contribution in [1.29, 1.82) is 0 Å². The molecule has 144 valence electrons. The van der Waals surface area contributed by atoms with Gasteiger partial charge in [-0.05, 0) is 55.8 Å². The molecule has 0 fully saturated rings. The molecule has 2 aromatic carbocycles. The third-order valence-electron chi connectivity index (χ3n) is 4.31. The number of aromatic nitrogens is 1. The summed E-state index contributed by atoms with van der Waals surface area (Å²) in [5.74, 6) is 0.398. The maximum absolute atomic E-state index is 13.4. The van der Waals surface area contributed by atoms with E-state index in [1.165, 1.54) is 13.2 Å². The molecule has 28 heavy (non-hydrogen) atoms. The average Bonchev–Trinajstić information content (AvgIpc) is 2.70. The van der Waals surface area contributed by atoms with Gasteiger partial charge < -0.3 is 9.47 Å². The third-order valence-corrected chi connectivity index (χ3v) is 4.31. The molecule has 6 heteroatoms. The molecule has 3 aromatic rings. The first-order valence-corrected chi connectivity index (χ1v) is 8.78. The Morgan fingerprint density at radius 3 is 2.61 bits per heavy atom. The summed E-state index contributed by atoms with van der Waals surface area (Å²) < 4.78 is 24.0. The quantitative estimate of drug-likeness (QED) is 0.656. The number of benzene rings is 2. The van der Waals surface area contributed by atoms with Crippen LogP contribution in [0.5, 0.6) is 5.75 Å². The molecule has 0 saturated heterocycles. The lowest BCUT2D eigenvalue weighted by molar-refractivity contribution is 0.187. The summed E-state index contributed by atoms with van der Waals surface area (Å²) >= 11 is 0. The number of nitrogens with one attached hydrogen (secondary N) is 1. The standard InChI is InChI=1S/C22H21FN2O3/c1-14-12-16(20-10-9-18(23)15(2)24-20)8-11-21(14)28-13-17-6-4-5-7-19(17)25-22(26)27-3/h4-12H,13H2,1-3H3,(H,25,26). The van der Waals surface area contributed by atoms with Crippen LogP contribution in [0.25, 0.3) is 11.3 Å². The van der Waals surface area contributed by atoms with Crippen LogP contribution in [0.2, 0.25) is 0 Å². The fraction of sp³-hybridized carbons (Fsp3) is 0.182. The number of anilines is 1. The van der Waals surface area contributed by atoms with Crippen LogP contribution in [0, 0.1) is 19.7 Å². The highest BCUT2D eigenvalue weighted by molar-refractivity contribution is 5.85. The number of rotatable bonds is 5. The van der Waals surface area contributed by atoms with Crippen molar-refractivity contribution in [3.8, 4) is 17.0 Å². The molecule has 1 heterocycles. The monoisotopic (exact) mass is 380 g/mol. The lowest BCUT2D eigenvalue weighted by Gasteiger charge is -2.14. The predicted octanol–water partition coefficient (Wildman–Crippen LogP) is 5.26. The maximum atomic E-state index is 13.4. The van der Waals surface area contributed by atoms with Gasteiger partial charge in [-0.1, -0.05) is 18.2 Å². The summed E-state index contributed by atoms with van der Waals surface area (Å²) in [6, 6.07) is 16.1. The summed E-state index contributed by atoms with van der Waals surface area (Å²) in [5.41, 5.74) is 4.36. The Kier molecular flexibility index (Phi) is 5.89. The fourth-order valence-corrected chi connectivity index (χ4v) is 2.76. The van der Waals surface area contributed by atoms with Crippen LogP contribution in [0.15, 0.2) is 54.6 Å². The van der Waals surface area contributed by atoms with Crippen LogP contribution in [0.3, 0.4) is 0 Å². The van der Waals surface area contributed by atoms with E-state index < -0.39 is 6.09 Å². The first kappa shape index (κ1) is 19.4. The van der Waals surface area contributed by atoms with Crippen LogP contribution in [-0.2, 0) is 11.3 Å². The second kappa shape index (κ2) is 8.52. The van der Waals surface area contributed by atoms with Gasteiger partial charge in [-0.2, -0.15) is 0 Å². The van der Waals surface area contributed by atoms with Crippen LogP contribution in [0.4, 0.5) is 14.9 Å². The molecule has 0 bridgehead atoms. The maximum Gasteiger partial charge on any atom is 0.411 e. The number of pyridine rings is 1. The summed E-state index contributed by atoms with van der Waals surface area (Å²) in [6.07, 6.45) is -0.532. The topological polar surface area (TPSA) is 60.5 Å². The smallest absolute Gasteiger partial charge is 0.411 e. The van der Waals surface area contributed by atoms with Crippen molar-refractivity contribution in [1.82, 2.24) is 4.98 Å². The number of ether oxygens (including phenoxy) is 2. The van der Waals surface area contributed by atoms with Crippen LogP contribution >= 0.6 is 0 Å². The SMILES string of the molecule is COC(=O)Nc1ccccc1COc1ccc(-c2ccc(F)c(C)n2)cc1C. The molecular weight excluding hydrogens is 359 g/mol. The molecule has 1 N–H and O–H groups in total. The minimum absolute atomic E-state index is 0.286. The van der Waals surface area contributed by atoms with Crippen molar-refractivity contribution in [2.24, 2.45) is 0 Å². The Morgan fingerprint density at radius 1 is 1.11 bits per heavy atom. The Labute approximate surface area is 163 Å². The van der Waals surface area contributed by atoms with Crippen LogP contribution in [0.1, 0.15) is 16.8 Å². The molecule has 0 saturated carbocycles. The molecule has 0 aliphatic carbocycles. The van der Waals surface area contributed by atoms with Crippen LogP contribution in [-0.4, -0.2) is 18.2 Å². The normalized spacial score (nSPS) is 10.4. The number of amides is 1. The highest BCUT2D eigenvalue weighted by atomic mass is 19.1. The van der Waals surface area contributed by atoms with E-state index in [0.29, 0.717) is 17.1 Å². The number of carbonyl (C=O) groups excluding carboxylic acids is 1. The van der Waals surface area contributed by atoms with Gasteiger partial charge in [-0.25, -0.2) is 9.18 Å². The molecule has 5 nitrogen and oxygen atoms in total. The first-order chi connectivity index (χ1) is 13.5. The number of hydrogen-bond donors (Lipinski definition) is 1.